The van der Waals surface area contributed by atoms with E-state index in [0.29, 0.717) is 5.75 Å². The van der Waals surface area contributed by atoms with Gasteiger partial charge in [-0.3, -0.25) is 4.79 Å². The predicted octanol–water partition coefficient (Wildman–Crippen LogP) is 4.76. The average molecular weight is 396 g/mol. The number of hydrogen-bond donors (Lipinski definition) is 1. The van der Waals surface area contributed by atoms with Gasteiger partial charge >= 0.3 is 0 Å². The Morgan fingerprint density at radius 2 is 1.56 bits per heavy atom. The van der Waals surface area contributed by atoms with Crippen LogP contribution in [0.5, 0.6) is 0 Å². The molecule has 0 spiro atoms. The molecule has 1 aromatic rings. The standard InChI is InChI=1S/C22H37NO3S/c1-16(2)23-22(24)21-15-18(5)14-20(19(21)6)12-10-8-7-9-11-13-27(25,26)17(3)4/h14-17H,7-13H2,1-6H3,(H,23,24). The first-order chi connectivity index (χ1) is 12.5. The first-order valence-corrected chi connectivity index (χ1v) is 11.9. The molecular weight excluding hydrogens is 358 g/mol. The van der Waals surface area contributed by atoms with E-state index in [1.54, 1.807) is 13.8 Å². The highest BCUT2D eigenvalue weighted by atomic mass is 32.2. The molecule has 0 heterocycles. The second-order valence-electron chi connectivity index (χ2n) is 8.16. The second-order valence-corrected chi connectivity index (χ2v) is 10.8. The van der Waals surface area contributed by atoms with Gasteiger partial charge in [0.1, 0.15) is 0 Å². The van der Waals surface area contributed by atoms with E-state index in [-0.39, 0.29) is 17.2 Å². The molecule has 0 aliphatic rings. The molecule has 1 N–H and O–H groups in total. The molecule has 0 saturated heterocycles. The normalized spacial score (nSPS) is 12.0. The van der Waals surface area contributed by atoms with Crippen LogP contribution in [0.25, 0.3) is 0 Å². The third kappa shape index (κ3) is 8.04. The van der Waals surface area contributed by atoms with Crippen molar-refractivity contribution in [3.05, 3.63) is 34.4 Å². The number of aryl methyl sites for hydroxylation is 2. The molecule has 1 rings (SSSR count). The van der Waals surface area contributed by atoms with Crippen LogP contribution < -0.4 is 5.32 Å². The van der Waals surface area contributed by atoms with Crippen molar-refractivity contribution in [1.29, 1.82) is 0 Å². The van der Waals surface area contributed by atoms with E-state index >= 15 is 0 Å². The van der Waals surface area contributed by atoms with Crippen molar-refractivity contribution in [3.8, 4) is 0 Å². The van der Waals surface area contributed by atoms with Crippen molar-refractivity contribution < 1.29 is 13.2 Å². The molecule has 0 radical (unpaired) electrons. The zero-order valence-corrected chi connectivity index (χ0v) is 18.7. The first-order valence-electron chi connectivity index (χ1n) is 10.2. The van der Waals surface area contributed by atoms with E-state index in [1.807, 2.05) is 33.8 Å². The van der Waals surface area contributed by atoms with Crippen LogP contribution in [0.15, 0.2) is 12.1 Å². The summed E-state index contributed by atoms with van der Waals surface area (Å²) in [5, 5.41) is 2.70. The van der Waals surface area contributed by atoms with E-state index in [2.05, 4.69) is 11.4 Å². The van der Waals surface area contributed by atoms with Gasteiger partial charge in [-0.05, 0) is 78.0 Å². The van der Waals surface area contributed by atoms with Crippen LogP contribution in [0.2, 0.25) is 0 Å². The van der Waals surface area contributed by atoms with Crippen LogP contribution in [0.4, 0.5) is 0 Å². The highest BCUT2D eigenvalue weighted by Gasteiger charge is 2.15. The number of carbonyl (C=O) groups excluding carboxylic acids is 1. The Balaban J connectivity index is 2.49. The smallest absolute Gasteiger partial charge is 0.251 e. The van der Waals surface area contributed by atoms with Gasteiger partial charge in [0.2, 0.25) is 0 Å². The minimum atomic E-state index is -2.90. The maximum Gasteiger partial charge on any atom is 0.251 e. The summed E-state index contributed by atoms with van der Waals surface area (Å²) >= 11 is 0. The van der Waals surface area contributed by atoms with Crippen molar-refractivity contribution >= 4 is 15.7 Å². The fraction of sp³-hybridized carbons (Fsp3) is 0.682. The van der Waals surface area contributed by atoms with Gasteiger partial charge in [0.25, 0.3) is 5.91 Å². The Kier molecular flexibility index (Phi) is 9.51. The Labute approximate surface area is 166 Å². The SMILES string of the molecule is Cc1cc(CCCCCCCS(=O)(=O)C(C)C)c(C)c(C(=O)NC(C)C)c1. The topological polar surface area (TPSA) is 63.2 Å². The lowest BCUT2D eigenvalue weighted by atomic mass is 9.94. The third-order valence-corrected chi connectivity index (χ3v) is 7.21. The van der Waals surface area contributed by atoms with Gasteiger partial charge in [0.15, 0.2) is 9.84 Å². The van der Waals surface area contributed by atoms with E-state index in [9.17, 15) is 13.2 Å². The second kappa shape index (κ2) is 10.8. The number of hydrogen-bond acceptors (Lipinski definition) is 3. The molecule has 0 fully saturated rings. The van der Waals surface area contributed by atoms with E-state index in [1.165, 1.54) is 5.56 Å². The zero-order chi connectivity index (χ0) is 20.6. The number of rotatable bonds is 11. The minimum Gasteiger partial charge on any atom is -0.350 e. The Hall–Kier alpha value is -1.36. The van der Waals surface area contributed by atoms with Crippen molar-refractivity contribution in [2.45, 2.75) is 91.4 Å². The molecule has 0 aliphatic heterocycles. The number of carbonyl (C=O) groups is 1. The van der Waals surface area contributed by atoms with Crippen LogP contribution in [-0.4, -0.2) is 31.4 Å². The summed E-state index contributed by atoms with van der Waals surface area (Å²) in [6, 6.07) is 4.27. The number of sulfone groups is 1. The molecule has 154 valence electrons. The average Bonchev–Trinajstić information content (AvgIpc) is 2.55. The lowest BCUT2D eigenvalue weighted by molar-refractivity contribution is 0.0942. The maximum absolute atomic E-state index is 12.4. The summed E-state index contributed by atoms with van der Waals surface area (Å²) in [5.74, 6) is 0.300. The Morgan fingerprint density at radius 3 is 2.15 bits per heavy atom. The minimum absolute atomic E-state index is 0.00110. The van der Waals surface area contributed by atoms with Gasteiger partial charge in [-0.25, -0.2) is 8.42 Å². The number of nitrogens with one attached hydrogen (secondary N) is 1. The summed E-state index contributed by atoms with van der Waals surface area (Å²) in [7, 11) is -2.90. The number of benzene rings is 1. The van der Waals surface area contributed by atoms with Crippen molar-refractivity contribution in [2.75, 3.05) is 5.75 Å². The molecular formula is C22H37NO3S. The van der Waals surface area contributed by atoms with Crippen LogP contribution in [0.3, 0.4) is 0 Å². The highest BCUT2D eigenvalue weighted by Crippen LogP contribution is 2.20. The van der Waals surface area contributed by atoms with Gasteiger partial charge in [0.05, 0.1) is 11.0 Å². The first kappa shape index (κ1) is 23.7. The summed E-state index contributed by atoms with van der Waals surface area (Å²) in [4.78, 5) is 12.4. The fourth-order valence-corrected chi connectivity index (χ4v) is 4.23. The van der Waals surface area contributed by atoms with Gasteiger partial charge in [-0.2, -0.15) is 0 Å². The van der Waals surface area contributed by atoms with Crippen molar-refractivity contribution in [2.24, 2.45) is 0 Å². The van der Waals surface area contributed by atoms with Crippen molar-refractivity contribution in [3.63, 3.8) is 0 Å². The number of unbranched alkanes of at least 4 members (excludes halogenated alkanes) is 4. The monoisotopic (exact) mass is 395 g/mol. The molecule has 0 aliphatic carbocycles. The molecule has 0 atom stereocenters. The van der Waals surface area contributed by atoms with E-state index < -0.39 is 9.84 Å². The largest absolute Gasteiger partial charge is 0.350 e. The Morgan fingerprint density at radius 1 is 0.963 bits per heavy atom. The molecule has 1 aromatic carbocycles. The maximum atomic E-state index is 12.4. The lowest BCUT2D eigenvalue weighted by Crippen LogP contribution is -2.30. The highest BCUT2D eigenvalue weighted by molar-refractivity contribution is 7.91. The molecule has 0 bridgehead atoms. The molecule has 27 heavy (non-hydrogen) atoms. The van der Waals surface area contributed by atoms with E-state index in [4.69, 9.17) is 0 Å². The van der Waals surface area contributed by atoms with Gasteiger partial charge in [-0.15, -0.1) is 0 Å². The molecule has 4 nitrogen and oxygen atoms in total. The molecule has 0 saturated carbocycles. The molecule has 0 unspecified atom stereocenters. The fourth-order valence-electron chi connectivity index (χ4n) is 3.15. The summed E-state index contributed by atoms with van der Waals surface area (Å²) in [5.41, 5.74) is 4.20. The van der Waals surface area contributed by atoms with Gasteiger partial charge in [0, 0.05) is 11.6 Å². The van der Waals surface area contributed by atoms with Gasteiger partial charge < -0.3 is 5.32 Å². The lowest BCUT2D eigenvalue weighted by Gasteiger charge is -2.15. The zero-order valence-electron chi connectivity index (χ0n) is 17.9. The van der Waals surface area contributed by atoms with E-state index in [0.717, 1.165) is 55.2 Å². The molecule has 5 heteroatoms. The Bertz CT molecular complexity index is 721. The van der Waals surface area contributed by atoms with Crippen LogP contribution >= 0.6 is 0 Å². The quantitative estimate of drug-likeness (QED) is 0.550. The summed E-state index contributed by atoms with van der Waals surface area (Å²) in [6.45, 7) is 11.5. The predicted molar refractivity (Wildman–Crippen MR) is 114 cm³/mol. The van der Waals surface area contributed by atoms with Crippen LogP contribution in [-0.2, 0) is 16.3 Å². The molecule has 1 amide bonds. The van der Waals surface area contributed by atoms with Crippen molar-refractivity contribution in [1.82, 2.24) is 5.32 Å². The summed E-state index contributed by atoms with van der Waals surface area (Å²) < 4.78 is 23.6. The third-order valence-electron chi connectivity index (χ3n) is 4.92. The van der Waals surface area contributed by atoms with Crippen LogP contribution in [0, 0.1) is 13.8 Å². The number of amides is 1. The van der Waals surface area contributed by atoms with Gasteiger partial charge in [-0.1, -0.05) is 30.9 Å². The molecule has 0 aromatic heterocycles. The summed E-state index contributed by atoms with van der Waals surface area (Å²) in [6.07, 6.45) is 5.87. The van der Waals surface area contributed by atoms with Crippen LogP contribution in [0.1, 0.15) is 86.8 Å².